The molecular weight excluding hydrogens is 232 g/mol. The number of halogens is 3. The van der Waals surface area contributed by atoms with Crippen LogP contribution in [-0.4, -0.2) is 7.05 Å². The maximum absolute atomic E-state index is 12.4. The first-order valence-corrected chi connectivity index (χ1v) is 3.66. The lowest BCUT2D eigenvalue weighted by atomic mass is 10.3. The molecule has 0 saturated heterocycles. The second-order valence-corrected chi connectivity index (χ2v) is 2.73. The van der Waals surface area contributed by atoms with Crippen LogP contribution in [-0.2, 0) is 0 Å². The summed E-state index contributed by atoms with van der Waals surface area (Å²) in [6.07, 6.45) is 0. The summed E-state index contributed by atoms with van der Waals surface area (Å²) < 4.78 is 13.2. The SMILES string of the molecule is CNc1ccc(F)cc1Br.Cl. The fraction of sp³-hybridized carbons (Fsp3) is 0.143. The zero-order chi connectivity index (χ0) is 7.56. The van der Waals surface area contributed by atoms with Gasteiger partial charge in [0, 0.05) is 17.2 Å². The Labute approximate surface area is 79.5 Å². The van der Waals surface area contributed by atoms with E-state index in [4.69, 9.17) is 0 Å². The first kappa shape index (κ1) is 10.7. The summed E-state index contributed by atoms with van der Waals surface area (Å²) in [5.41, 5.74) is 0.890. The third kappa shape index (κ3) is 2.67. The molecule has 0 fully saturated rings. The van der Waals surface area contributed by atoms with Gasteiger partial charge in [-0.25, -0.2) is 4.39 Å². The van der Waals surface area contributed by atoms with Crippen LogP contribution in [0.5, 0.6) is 0 Å². The Morgan fingerprint density at radius 2 is 2.09 bits per heavy atom. The van der Waals surface area contributed by atoms with Crippen molar-refractivity contribution in [3.63, 3.8) is 0 Å². The van der Waals surface area contributed by atoms with Gasteiger partial charge in [-0.05, 0) is 34.1 Å². The highest BCUT2D eigenvalue weighted by molar-refractivity contribution is 9.10. The molecule has 1 aromatic carbocycles. The Morgan fingerprint density at radius 1 is 1.45 bits per heavy atom. The van der Waals surface area contributed by atoms with Gasteiger partial charge >= 0.3 is 0 Å². The molecule has 0 heterocycles. The topological polar surface area (TPSA) is 12.0 Å². The van der Waals surface area contributed by atoms with Crippen LogP contribution in [0.4, 0.5) is 10.1 Å². The predicted molar refractivity (Wildman–Crippen MR) is 50.9 cm³/mol. The fourth-order valence-electron chi connectivity index (χ4n) is 0.692. The van der Waals surface area contributed by atoms with Crippen LogP contribution in [0.3, 0.4) is 0 Å². The molecule has 0 spiro atoms. The number of rotatable bonds is 1. The highest BCUT2D eigenvalue weighted by atomic mass is 79.9. The van der Waals surface area contributed by atoms with Gasteiger partial charge in [-0.3, -0.25) is 0 Å². The monoisotopic (exact) mass is 239 g/mol. The molecule has 0 aliphatic rings. The van der Waals surface area contributed by atoms with E-state index in [0.717, 1.165) is 10.2 Å². The molecule has 1 rings (SSSR count). The molecule has 0 amide bonds. The molecule has 1 N–H and O–H groups in total. The maximum atomic E-state index is 12.4. The van der Waals surface area contributed by atoms with Crippen LogP contribution in [0.25, 0.3) is 0 Å². The maximum Gasteiger partial charge on any atom is 0.124 e. The minimum atomic E-state index is -0.231. The molecule has 0 bridgehead atoms. The summed E-state index contributed by atoms with van der Waals surface area (Å²) >= 11 is 3.20. The quantitative estimate of drug-likeness (QED) is 0.795. The number of hydrogen-bond donors (Lipinski definition) is 1. The average Bonchev–Trinajstić information content (AvgIpc) is 1.88. The highest BCUT2D eigenvalue weighted by Crippen LogP contribution is 2.21. The van der Waals surface area contributed by atoms with Crippen LogP contribution < -0.4 is 5.32 Å². The zero-order valence-corrected chi connectivity index (χ0v) is 8.30. The van der Waals surface area contributed by atoms with Gasteiger partial charge in [-0.1, -0.05) is 0 Å². The van der Waals surface area contributed by atoms with E-state index in [0.29, 0.717) is 0 Å². The molecule has 0 radical (unpaired) electrons. The van der Waals surface area contributed by atoms with E-state index in [9.17, 15) is 4.39 Å². The normalized spacial score (nSPS) is 8.64. The van der Waals surface area contributed by atoms with Crippen molar-refractivity contribution in [3.05, 3.63) is 28.5 Å². The second kappa shape index (κ2) is 4.57. The summed E-state index contributed by atoms with van der Waals surface area (Å²) in [6, 6.07) is 4.52. The second-order valence-electron chi connectivity index (χ2n) is 1.87. The molecule has 1 aromatic rings. The van der Waals surface area contributed by atoms with Gasteiger partial charge < -0.3 is 5.32 Å². The van der Waals surface area contributed by atoms with Crippen LogP contribution in [0.1, 0.15) is 0 Å². The minimum absolute atomic E-state index is 0. The third-order valence-electron chi connectivity index (χ3n) is 1.20. The van der Waals surface area contributed by atoms with Crippen LogP contribution in [0, 0.1) is 5.82 Å². The molecule has 1 nitrogen and oxygen atoms in total. The Kier molecular flexibility index (Phi) is 4.45. The molecule has 0 aromatic heterocycles. The van der Waals surface area contributed by atoms with Crippen molar-refractivity contribution in [2.75, 3.05) is 12.4 Å². The van der Waals surface area contributed by atoms with E-state index in [1.807, 2.05) is 0 Å². The standard InChI is InChI=1S/C7H7BrFN.ClH/c1-10-7-3-2-5(9)4-6(7)8;/h2-4,10H,1H3;1H. The molecule has 0 aliphatic carbocycles. The van der Waals surface area contributed by atoms with Crippen molar-refractivity contribution in [1.82, 2.24) is 0 Å². The van der Waals surface area contributed by atoms with Crippen molar-refractivity contribution in [2.24, 2.45) is 0 Å². The van der Waals surface area contributed by atoms with E-state index in [1.54, 1.807) is 13.1 Å². The van der Waals surface area contributed by atoms with E-state index in [-0.39, 0.29) is 18.2 Å². The molecule has 62 valence electrons. The number of benzene rings is 1. The number of hydrogen-bond acceptors (Lipinski definition) is 1. The van der Waals surface area contributed by atoms with Gasteiger partial charge in [0.15, 0.2) is 0 Å². The van der Waals surface area contributed by atoms with Gasteiger partial charge in [-0.2, -0.15) is 0 Å². The molecule has 0 atom stereocenters. The summed E-state index contributed by atoms with van der Waals surface area (Å²) in [5, 5.41) is 2.91. The summed E-state index contributed by atoms with van der Waals surface area (Å²) in [5.74, 6) is -0.231. The van der Waals surface area contributed by atoms with Gasteiger partial charge in [0.1, 0.15) is 5.82 Å². The van der Waals surface area contributed by atoms with Crippen molar-refractivity contribution in [3.8, 4) is 0 Å². The van der Waals surface area contributed by atoms with Gasteiger partial charge in [-0.15, -0.1) is 12.4 Å². The average molecular weight is 241 g/mol. The van der Waals surface area contributed by atoms with Crippen molar-refractivity contribution in [1.29, 1.82) is 0 Å². The number of anilines is 1. The molecule has 0 aliphatic heterocycles. The van der Waals surface area contributed by atoms with Crippen molar-refractivity contribution >= 4 is 34.0 Å². The van der Waals surface area contributed by atoms with Crippen LogP contribution in [0.2, 0.25) is 0 Å². The largest absolute Gasteiger partial charge is 0.387 e. The van der Waals surface area contributed by atoms with E-state index >= 15 is 0 Å². The molecule has 11 heavy (non-hydrogen) atoms. The smallest absolute Gasteiger partial charge is 0.124 e. The van der Waals surface area contributed by atoms with E-state index < -0.39 is 0 Å². The van der Waals surface area contributed by atoms with Crippen LogP contribution >= 0.6 is 28.3 Å². The molecule has 0 unspecified atom stereocenters. The summed E-state index contributed by atoms with van der Waals surface area (Å²) in [7, 11) is 1.79. The van der Waals surface area contributed by atoms with Crippen molar-refractivity contribution < 1.29 is 4.39 Å². The first-order valence-electron chi connectivity index (χ1n) is 2.87. The predicted octanol–water partition coefficient (Wildman–Crippen LogP) is 3.05. The highest BCUT2D eigenvalue weighted by Gasteiger charge is 1.96. The van der Waals surface area contributed by atoms with Gasteiger partial charge in [0.2, 0.25) is 0 Å². The van der Waals surface area contributed by atoms with Crippen LogP contribution in [0.15, 0.2) is 22.7 Å². The lowest BCUT2D eigenvalue weighted by Gasteiger charge is -2.01. The van der Waals surface area contributed by atoms with Gasteiger partial charge in [0.25, 0.3) is 0 Å². The lowest BCUT2D eigenvalue weighted by Crippen LogP contribution is -1.88. The Hall–Kier alpha value is -0.280. The molecular formula is C7H8BrClFN. The summed E-state index contributed by atoms with van der Waals surface area (Å²) in [6.45, 7) is 0. The Bertz CT molecular complexity index is 242. The van der Waals surface area contributed by atoms with Gasteiger partial charge in [0.05, 0.1) is 0 Å². The Morgan fingerprint density at radius 3 is 2.55 bits per heavy atom. The first-order chi connectivity index (χ1) is 4.74. The lowest BCUT2D eigenvalue weighted by molar-refractivity contribution is 0.627. The van der Waals surface area contributed by atoms with E-state index in [2.05, 4.69) is 21.2 Å². The van der Waals surface area contributed by atoms with Crippen molar-refractivity contribution in [2.45, 2.75) is 0 Å². The number of nitrogens with one attached hydrogen (secondary N) is 1. The third-order valence-corrected chi connectivity index (χ3v) is 1.86. The minimum Gasteiger partial charge on any atom is -0.387 e. The fourth-order valence-corrected chi connectivity index (χ4v) is 1.24. The summed E-state index contributed by atoms with van der Waals surface area (Å²) in [4.78, 5) is 0. The Balaban J connectivity index is 0.000001000. The molecule has 0 saturated carbocycles. The zero-order valence-electron chi connectivity index (χ0n) is 5.90. The van der Waals surface area contributed by atoms with E-state index in [1.165, 1.54) is 12.1 Å². The molecule has 4 heteroatoms.